The van der Waals surface area contributed by atoms with Gasteiger partial charge in [0.1, 0.15) is 12.7 Å². The van der Waals surface area contributed by atoms with Gasteiger partial charge in [0, 0.05) is 45.2 Å². The molecule has 156 valence electrons. The van der Waals surface area contributed by atoms with Gasteiger partial charge in [0.2, 0.25) is 15.9 Å². The first-order chi connectivity index (χ1) is 13.9. The van der Waals surface area contributed by atoms with Crippen molar-refractivity contribution in [3.05, 3.63) is 24.8 Å². The zero-order valence-corrected chi connectivity index (χ0v) is 17.1. The van der Waals surface area contributed by atoms with Gasteiger partial charge in [0.05, 0.1) is 6.26 Å². The van der Waals surface area contributed by atoms with Crippen molar-refractivity contribution in [2.75, 3.05) is 50.4 Å². The number of amides is 1. The topological polar surface area (TPSA) is 117 Å². The van der Waals surface area contributed by atoms with Crippen molar-refractivity contribution in [1.29, 1.82) is 0 Å². The maximum absolute atomic E-state index is 12.8. The van der Waals surface area contributed by atoms with Gasteiger partial charge in [-0.15, -0.1) is 10.2 Å². The molecule has 2 aromatic rings. The van der Waals surface area contributed by atoms with Crippen LogP contribution in [0.4, 0.5) is 5.82 Å². The van der Waals surface area contributed by atoms with Crippen LogP contribution in [-0.2, 0) is 14.8 Å². The molecule has 0 atom stereocenters. The number of anilines is 1. The van der Waals surface area contributed by atoms with Gasteiger partial charge in [-0.1, -0.05) is 0 Å². The maximum Gasteiger partial charge on any atom is 0.225 e. The molecular formula is C17H24N8O3S. The fourth-order valence-corrected chi connectivity index (χ4v) is 4.62. The molecule has 2 aliphatic rings. The third-order valence-electron chi connectivity index (χ3n) is 5.48. The monoisotopic (exact) mass is 420 g/mol. The van der Waals surface area contributed by atoms with Crippen LogP contribution in [0.5, 0.6) is 0 Å². The molecule has 0 radical (unpaired) electrons. The van der Waals surface area contributed by atoms with E-state index >= 15 is 0 Å². The molecule has 11 nitrogen and oxygen atoms in total. The second kappa shape index (κ2) is 8.03. The average Bonchev–Trinajstić information content (AvgIpc) is 3.28. The number of piperazine rings is 1. The number of piperidine rings is 1. The van der Waals surface area contributed by atoms with Gasteiger partial charge < -0.3 is 9.80 Å². The van der Waals surface area contributed by atoms with Crippen LogP contribution in [0.15, 0.2) is 24.8 Å². The highest BCUT2D eigenvalue weighted by atomic mass is 32.2. The standard InChI is InChI=1S/C17H24N8O3S/c1-29(27,28)24-10-8-23(9-11-24)17(26)14-4-6-22(7-5-14)15-2-3-16(21-20-15)25-13-18-12-19-25/h2-3,12-14H,4-11H2,1H3. The second-order valence-electron chi connectivity index (χ2n) is 7.34. The Kier molecular flexibility index (Phi) is 5.46. The predicted molar refractivity (Wildman–Crippen MR) is 105 cm³/mol. The van der Waals surface area contributed by atoms with E-state index in [9.17, 15) is 13.2 Å². The van der Waals surface area contributed by atoms with Crippen molar-refractivity contribution in [3.63, 3.8) is 0 Å². The summed E-state index contributed by atoms with van der Waals surface area (Å²) in [6.07, 6.45) is 5.71. The molecular weight excluding hydrogens is 396 g/mol. The summed E-state index contributed by atoms with van der Waals surface area (Å²) >= 11 is 0. The zero-order valence-electron chi connectivity index (χ0n) is 16.3. The lowest BCUT2D eigenvalue weighted by Crippen LogP contribution is -2.52. The van der Waals surface area contributed by atoms with E-state index in [0.29, 0.717) is 32.0 Å². The van der Waals surface area contributed by atoms with Crippen molar-refractivity contribution in [2.24, 2.45) is 5.92 Å². The Morgan fingerprint density at radius 1 is 1.00 bits per heavy atom. The third kappa shape index (κ3) is 4.37. The van der Waals surface area contributed by atoms with Gasteiger partial charge in [-0.05, 0) is 25.0 Å². The van der Waals surface area contributed by atoms with E-state index in [1.54, 1.807) is 15.9 Å². The molecule has 4 heterocycles. The maximum atomic E-state index is 12.8. The highest BCUT2D eigenvalue weighted by Gasteiger charge is 2.32. The van der Waals surface area contributed by atoms with Gasteiger partial charge >= 0.3 is 0 Å². The van der Waals surface area contributed by atoms with Crippen molar-refractivity contribution in [3.8, 4) is 5.82 Å². The van der Waals surface area contributed by atoms with Crippen LogP contribution < -0.4 is 4.90 Å². The molecule has 2 aromatic heterocycles. The summed E-state index contributed by atoms with van der Waals surface area (Å²) in [6, 6.07) is 3.74. The molecule has 0 aliphatic carbocycles. The van der Waals surface area contributed by atoms with Gasteiger partial charge in [-0.3, -0.25) is 4.79 Å². The second-order valence-corrected chi connectivity index (χ2v) is 9.32. The molecule has 12 heteroatoms. The largest absolute Gasteiger partial charge is 0.355 e. The number of carbonyl (C=O) groups excluding carboxylic acids is 1. The Bertz CT molecular complexity index is 932. The van der Waals surface area contributed by atoms with Crippen molar-refractivity contribution < 1.29 is 13.2 Å². The fraction of sp³-hybridized carbons (Fsp3) is 0.588. The summed E-state index contributed by atoms with van der Waals surface area (Å²) in [4.78, 5) is 20.6. The van der Waals surface area contributed by atoms with Crippen molar-refractivity contribution >= 4 is 21.7 Å². The van der Waals surface area contributed by atoms with E-state index in [1.807, 2.05) is 12.1 Å². The average molecular weight is 420 g/mol. The molecule has 2 fully saturated rings. The normalized spacial score (nSPS) is 19.5. The molecule has 2 aliphatic heterocycles. The summed E-state index contributed by atoms with van der Waals surface area (Å²) in [7, 11) is -3.19. The minimum absolute atomic E-state index is 0.0292. The van der Waals surface area contributed by atoms with Crippen LogP contribution in [0, 0.1) is 5.92 Å². The Hall–Kier alpha value is -2.60. The molecule has 0 unspecified atom stereocenters. The minimum atomic E-state index is -3.19. The molecule has 1 amide bonds. The summed E-state index contributed by atoms with van der Waals surface area (Å²) in [5, 5.41) is 12.5. The van der Waals surface area contributed by atoms with Gasteiger partial charge in [-0.2, -0.15) is 9.40 Å². The van der Waals surface area contributed by atoms with Gasteiger partial charge in [0.15, 0.2) is 11.6 Å². The third-order valence-corrected chi connectivity index (χ3v) is 6.78. The van der Waals surface area contributed by atoms with Crippen LogP contribution in [0.1, 0.15) is 12.8 Å². The Labute approximate surface area is 169 Å². The van der Waals surface area contributed by atoms with E-state index in [4.69, 9.17) is 0 Å². The zero-order chi connectivity index (χ0) is 20.4. The Balaban J connectivity index is 1.30. The molecule has 29 heavy (non-hydrogen) atoms. The molecule has 0 bridgehead atoms. The number of sulfonamides is 1. The van der Waals surface area contributed by atoms with Crippen LogP contribution in [-0.4, -0.2) is 94.0 Å². The van der Waals surface area contributed by atoms with Crippen LogP contribution >= 0.6 is 0 Å². The lowest BCUT2D eigenvalue weighted by molar-refractivity contribution is -0.137. The summed E-state index contributed by atoms with van der Waals surface area (Å²) in [5.74, 6) is 1.48. The Morgan fingerprint density at radius 2 is 1.66 bits per heavy atom. The lowest BCUT2D eigenvalue weighted by atomic mass is 9.95. The lowest BCUT2D eigenvalue weighted by Gasteiger charge is -2.38. The van der Waals surface area contributed by atoms with Crippen LogP contribution in [0.3, 0.4) is 0 Å². The smallest absolute Gasteiger partial charge is 0.225 e. The summed E-state index contributed by atoms with van der Waals surface area (Å²) in [5.41, 5.74) is 0. The number of nitrogens with zero attached hydrogens (tertiary/aromatic N) is 8. The number of hydrogen-bond acceptors (Lipinski definition) is 8. The fourth-order valence-electron chi connectivity index (χ4n) is 3.79. The van der Waals surface area contributed by atoms with Crippen molar-refractivity contribution in [1.82, 2.24) is 34.2 Å². The SMILES string of the molecule is CS(=O)(=O)N1CCN(C(=O)C2CCN(c3ccc(-n4cncn4)nn3)CC2)CC1. The molecule has 0 N–H and O–H groups in total. The number of aromatic nitrogens is 5. The van der Waals surface area contributed by atoms with Crippen LogP contribution in [0.2, 0.25) is 0 Å². The van der Waals surface area contributed by atoms with E-state index in [2.05, 4.69) is 25.2 Å². The molecule has 2 saturated heterocycles. The minimum Gasteiger partial charge on any atom is -0.355 e. The van der Waals surface area contributed by atoms with Gasteiger partial charge in [0.25, 0.3) is 0 Å². The number of carbonyl (C=O) groups is 1. The predicted octanol–water partition coefficient (Wildman–Crippen LogP) is -0.622. The summed E-state index contributed by atoms with van der Waals surface area (Å²) < 4.78 is 26.2. The van der Waals surface area contributed by atoms with E-state index in [0.717, 1.165) is 31.7 Å². The van der Waals surface area contributed by atoms with E-state index in [-0.39, 0.29) is 11.8 Å². The quantitative estimate of drug-likeness (QED) is 0.642. The molecule has 0 aromatic carbocycles. The number of rotatable bonds is 4. The molecule has 4 rings (SSSR count). The van der Waals surface area contributed by atoms with E-state index in [1.165, 1.54) is 16.9 Å². The molecule has 0 spiro atoms. The first-order valence-corrected chi connectivity index (χ1v) is 11.4. The number of hydrogen-bond donors (Lipinski definition) is 0. The van der Waals surface area contributed by atoms with Crippen LogP contribution in [0.25, 0.3) is 5.82 Å². The first kappa shape index (κ1) is 19.7. The highest BCUT2D eigenvalue weighted by molar-refractivity contribution is 7.88. The molecule has 0 saturated carbocycles. The van der Waals surface area contributed by atoms with Crippen molar-refractivity contribution in [2.45, 2.75) is 12.8 Å². The first-order valence-electron chi connectivity index (χ1n) is 9.59. The van der Waals surface area contributed by atoms with E-state index < -0.39 is 10.0 Å². The highest BCUT2D eigenvalue weighted by Crippen LogP contribution is 2.24. The van der Waals surface area contributed by atoms with Gasteiger partial charge in [-0.25, -0.2) is 18.1 Å². The summed E-state index contributed by atoms with van der Waals surface area (Å²) in [6.45, 7) is 3.13. The Morgan fingerprint density at radius 3 is 2.21 bits per heavy atom.